The number of benzene rings is 1. The van der Waals surface area contributed by atoms with Crippen LogP contribution in [0.3, 0.4) is 0 Å². The van der Waals surface area contributed by atoms with Crippen molar-refractivity contribution in [2.24, 2.45) is 0 Å². The van der Waals surface area contributed by atoms with Crippen LogP contribution < -0.4 is 10.6 Å². The van der Waals surface area contributed by atoms with Crippen molar-refractivity contribution in [2.45, 2.75) is 26.3 Å². The van der Waals surface area contributed by atoms with Crippen molar-refractivity contribution in [3.63, 3.8) is 0 Å². The van der Waals surface area contributed by atoms with Gasteiger partial charge in [0.25, 0.3) is 0 Å². The van der Waals surface area contributed by atoms with E-state index in [1.165, 1.54) is 0 Å². The first-order valence-corrected chi connectivity index (χ1v) is 5.71. The maximum atomic E-state index is 11.0. The Balaban J connectivity index is 2.49. The average Bonchev–Trinajstić information content (AvgIpc) is 2.23. The maximum Gasteiger partial charge on any atom is 0.337 e. The number of rotatable bonds is 5. The normalized spacial score (nSPS) is 11.2. The largest absolute Gasteiger partial charge is 0.478 e. The zero-order valence-corrected chi connectivity index (χ0v) is 10.6. The lowest BCUT2D eigenvalue weighted by Crippen LogP contribution is -2.38. The van der Waals surface area contributed by atoms with Gasteiger partial charge in [0.2, 0.25) is 0 Å². The second-order valence-electron chi connectivity index (χ2n) is 4.95. The van der Waals surface area contributed by atoms with Gasteiger partial charge in [-0.1, -0.05) is 12.1 Å². The molecule has 0 unspecified atom stereocenters. The highest BCUT2D eigenvalue weighted by Gasteiger charge is 2.09. The first-order chi connectivity index (χ1) is 7.90. The lowest BCUT2D eigenvalue weighted by atomic mass is 10.1. The van der Waals surface area contributed by atoms with Gasteiger partial charge in [0, 0.05) is 24.3 Å². The lowest BCUT2D eigenvalue weighted by Gasteiger charge is -2.21. The predicted octanol–water partition coefficient (Wildman–Crippen LogP) is 2.18. The van der Waals surface area contributed by atoms with E-state index >= 15 is 0 Å². The third kappa shape index (κ3) is 4.87. The van der Waals surface area contributed by atoms with Crippen LogP contribution in [0.4, 0.5) is 5.69 Å². The first kappa shape index (κ1) is 13.5. The van der Waals surface area contributed by atoms with Crippen molar-refractivity contribution in [2.75, 3.05) is 18.4 Å². The van der Waals surface area contributed by atoms with Crippen LogP contribution in [-0.2, 0) is 0 Å². The van der Waals surface area contributed by atoms with Gasteiger partial charge in [-0.3, -0.25) is 0 Å². The van der Waals surface area contributed by atoms with Crippen molar-refractivity contribution in [1.82, 2.24) is 5.32 Å². The Hall–Kier alpha value is -1.55. The van der Waals surface area contributed by atoms with Crippen LogP contribution in [0.5, 0.6) is 0 Å². The molecule has 1 aromatic carbocycles. The van der Waals surface area contributed by atoms with Gasteiger partial charge in [-0.05, 0) is 32.9 Å². The molecule has 4 nitrogen and oxygen atoms in total. The second kappa shape index (κ2) is 5.68. The Bertz CT molecular complexity index is 383. The Morgan fingerprint density at radius 3 is 2.47 bits per heavy atom. The zero-order valence-electron chi connectivity index (χ0n) is 10.6. The molecule has 17 heavy (non-hydrogen) atoms. The predicted molar refractivity (Wildman–Crippen MR) is 69.6 cm³/mol. The third-order valence-corrected chi connectivity index (χ3v) is 2.25. The van der Waals surface area contributed by atoms with Crippen molar-refractivity contribution in [3.05, 3.63) is 29.8 Å². The van der Waals surface area contributed by atoms with Crippen LogP contribution in [0.15, 0.2) is 24.3 Å². The summed E-state index contributed by atoms with van der Waals surface area (Å²) in [6.45, 7) is 7.77. The molecule has 1 rings (SSSR count). The van der Waals surface area contributed by atoms with Crippen LogP contribution in [0.25, 0.3) is 0 Å². The van der Waals surface area contributed by atoms with Crippen molar-refractivity contribution in [1.29, 1.82) is 0 Å². The summed E-state index contributed by atoms with van der Waals surface area (Å²) in [4.78, 5) is 11.0. The molecule has 0 bridgehead atoms. The van der Waals surface area contributed by atoms with E-state index in [1.54, 1.807) is 18.2 Å². The number of hydrogen-bond donors (Lipinski definition) is 3. The van der Waals surface area contributed by atoms with E-state index in [2.05, 4.69) is 31.4 Å². The minimum atomic E-state index is -0.906. The molecule has 0 aliphatic carbocycles. The summed E-state index contributed by atoms with van der Waals surface area (Å²) in [5, 5.41) is 15.5. The van der Waals surface area contributed by atoms with Crippen LogP contribution in [-0.4, -0.2) is 29.7 Å². The molecule has 0 saturated heterocycles. The van der Waals surface area contributed by atoms with Gasteiger partial charge in [0.05, 0.1) is 5.56 Å². The van der Waals surface area contributed by atoms with E-state index in [4.69, 9.17) is 5.11 Å². The van der Waals surface area contributed by atoms with Crippen molar-refractivity contribution < 1.29 is 9.90 Å². The minimum absolute atomic E-state index is 0.0774. The number of carbonyl (C=O) groups is 1. The summed E-state index contributed by atoms with van der Waals surface area (Å²) in [5.74, 6) is -0.906. The van der Waals surface area contributed by atoms with Crippen LogP contribution in [0.2, 0.25) is 0 Å². The quantitative estimate of drug-likeness (QED) is 0.686. The highest BCUT2D eigenvalue weighted by Crippen LogP contribution is 2.14. The minimum Gasteiger partial charge on any atom is -0.478 e. The van der Waals surface area contributed by atoms with E-state index in [1.807, 2.05) is 6.07 Å². The fourth-order valence-corrected chi connectivity index (χ4v) is 1.46. The van der Waals surface area contributed by atoms with Gasteiger partial charge in [-0.15, -0.1) is 0 Å². The van der Waals surface area contributed by atoms with E-state index < -0.39 is 5.97 Å². The Kier molecular flexibility index (Phi) is 4.52. The van der Waals surface area contributed by atoms with Crippen LogP contribution >= 0.6 is 0 Å². The number of nitrogens with one attached hydrogen (secondary N) is 2. The average molecular weight is 236 g/mol. The lowest BCUT2D eigenvalue weighted by molar-refractivity contribution is 0.0698. The second-order valence-corrected chi connectivity index (χ2v) is 4.95. The van der Waals surface area contributed by atoms with E-state index in [-0.39, 0.29) is 5.54 Å². The fraction of sp³-hybridized carbons (Fsp3) is 0.462. The molecule has 4 heteroatoms. The molecule has 0 aromatic heterocycles. The highest BCUT2D eigenvalue weighted by molar-refractivity contribution is 5.94. The third-order valence-electron chi connectivity index (χ3n) is 2.25. The van der Waals surface area contributed by atoms with Crippen LogP contribution in [0.1, 0.15) is 31.1 Å². The monoisotopic (exact) mass is 236 g/mol. The fourth-order valence-electron chi connectivity index (χ4n) is 1.46. The summed E-state index contributed by atoms with van der Waals surface area (Å²) < 4.78 is 0. The molecular formula is C13H20N2O2. The van der Waals surface area contributed by atoms with E-state index in [0.717, 1.165) is 6.54 Å². The van der Waals surface area contributed by atoms with Crippen LogP contribution in [0, 0.1) is 0 Å². The van der Waals surface area contributed by atoms with Gasteiger partial charge in [-0.25, -0.2) is 4.79 Å². The van der Waals surface area contributed by atoms with Gasteiger partial charge in [0.15, 0.2) is 0 Å². The van der Waals surface area contributed by atoms with Gasteiger partial charge >= 0.3 is 5.97 Å². The van der Waals surface area contributed by atoms with E-state index in [0.29, 0.717) is 17.8 Å². The Labute approximate surface area is 102 Å². The molecular weight excluding hydrogens is 216 g/mol. The van der Waals surface area contributed by atoms with Crippen molar-refractivity contribution in [3.8, 4) is 0 Å². The number of carboxylic acid groups (broad SMARTS) is 1. The topological polar surface area (TPSA) is 61.4 Å². The summed E-state index contributed by atoms with van der Waals surface area (Å²) in [6, 6.07) is 6.93. The smallest absolute Gasteiger partial charge is 0.337 e. The number of hydrogen-bond acceptors (Lipinski definition) is 3. The van der Waals surface area contributed by atoms with Gasteiger partial charge in [-0.2, -0.15) is 0 Å². The Morgan fingerprint density at radius 1 is 1.24 bits per heavy atom. The molecule has 0 aliphatic rings. The highest BCUT2D eigenvalue weighted by atomic mass is 16.4. The molecule has 0 fully saturated rings. The van der Waals surface area contributed by atoms with Gasteiger partial charge in [0.1, 0.15) is 0 Å². The molecule has 0 aliphatic heterocycles. The number of para-hydroxylation sites is 1. The first-order valence-electron chi connectivity index (χ1n) is 5.71. The standard InChI is InChI=1S/C13H20N2O2/c1-13(2,3)15-9-8-14-11-7-5-4-6-10(11)12(16)17/h4-7,14-15H,8-9H2,1-3H3,(H,16,17). The molecule has 0 spiro atoms. The SMILES string of the molecule is CC(C)(C)NCCNc1ccccc1C(=O)O. The van der Waals surface area contributed by atoms with Crippen molar-refractivity contribution >= 4 is 11.7 Å². The molecule has 0 radical (unpaired) electrons. The summed E-state index contributed by atoms with van der Waals surface area (Å²) in [5.41, 5.74) is 1.05. The molecule has 0 atom stereocenters. The Morgan fingerprint density at radius 2 is 1.88 bits per heavy atom. The van der Waals surface area contributed by atoms with Gasteiger partial charge < -0.3 is 15.7 Å². The summed E-state index contributed by atoms with van der Waals surface area (Å²) >= 11 is 0. The number of aromatic carboxylic acids is 1. The molecule has 1 aromatic rings. The summed E-state index contributed by atoms with van der Waals surface area (Å²) in [7, 11) is 0. The molecule has 0 amide bonds. The zero-order chi connectivity index (χ0) is 12.9. The number of carboxylic acids is 1. The number of anilines is 1. The summed E-state index contributed by atoms with van der Waals surface area (Å²) in [6.07, 6.45) is 0. The maximum absolute atomic E-state index is 11.0. The molecule has 94 valence electrons. The molecule has 0 saturated carbocycles. The molecule has 3 N–H and O–H groups in total. The molecule has 0 heterocycles. The van der Waals surface area contributed by atoms with E-state index in [9.17, 15) is 4.79 Å².